The fourth-order valence-electron chi connectivity index (χ4n) is 4.93. The summed E-state index contributed by atoms with van der Waals surface area (Å²) in [6.45, 7) is 0.760. The second kappa shape index (κ2) is 12.6. The predicted molar refractivity (Wildman–Crippen MR) is 148 cm³/mol. The summed E-state index contributed by atoms with van der Waals surface area (Å²) < 4.78 is 13.8. The first kappa shape index (κ1) is 27.1. The van der Waals surface area contributed by atoms with E-state index in [0.717, 1.165) is 47.2 Å². The SMILES string of the molecule is OCCCCCOc1cc(CNc2nc3ccccc3n2[C@@H]2O[C@H](CO)[C@@H](O)[C@H]2O)ccc1-c1ccccc1. The van der Waals surface area contributed by atoms with Crippen LogP contribution in [0.2, 0.25) is 0 Å². The first-order valence-electron chi connectivity index (χ1n) is 13.4. The number of hydrogen-bond donors (Lipinski definition) is 5. The van der Waals surface area contributed by atoms with Gasteiger partial charge in [-0.15, -0.1) is 0 Å². The summed E-state index contributed by atoms with van der Waals surface area (Å²) >= 11 is 0. The summed E-state index contributed by atoms with van der Waals surface area (Å²) in [4.78, 5) is 4.71. The number of aromatic nitrogens is 2. The van der Waals surface area contributed by atoms with Crippen LogP contribution in [0.1, 0.15) is 31.1 Å². The minimum Gasteiger partial charge on any atom is -0.493 e. The van der Waals surface area contributed by atoms with Gasteiger partial charge in [0, 0.05) is 18.7 Å². The van der Waals surface area contributed by atoms with E-state index in [1.165, 1.54) is 0 Å². The average Bonchev–Trinajstić information content (AvgIpc) is 3.48. The highest BCUT2D eigenvalue weighted by molar-refractivity contribution is 5.79. The van der Waals surface area contributed by atoms with Crippen molar-refractivity contribution in [3.05, 3.63) is 78.4 Å². The summed E-state index contributed by atoms with van der Waals surface area (Å²) in [7, 11) is 0. The third kappa shape index (κ3) is 5.93. The van der Waals surface area contributed by atoms with Crippen molar-refractivity contribution < 1.29 is 29.9 Å². The van der Waals surface area contributed by atoms with Crippen LogP contribution in [0.5, 0.6) is 5.75 Å². The van der Waals surface area contributed by atoms with E-state index in [1.54, 1.807) is 4.57 Å². The lowest BCUT2D eigenvalue weighted by molar-refractivity contribution is -0.0499. The van der Waals surface area contributed by atoms with Gasteiger partial charge >= 0.3 is 0 Å². The minimum absolute atomic E-state index is 0.184. The molecular weight excluding hydrogens is 498 g/mol. The van der Waals surface area contributed by atoms with Crippen molar-refractivity contribution in [2.24, 2.45) is 0 Å². The molecular formula is C30H35N3O6. The number of nitrogens with zero attached hydrogens (tertiary/aromatic N) is 2. The topological polar surface area (TPSA) is 129 Å². The van der Waals surface area contributed by atoms with Crippen LogP contribution in [0, 0.1) is 0 Å². The first-order chi connectivity index (χ1) is 19.1. The van der Waals surface area contributed by atoms with Crippen LogP contribution >= 0.6 is 0 Å². The van der Waals surface area contributed by atoms with Gasteiger partial charge in [-0.2, -0.15) is 0 Å². The molecule has 2 heterocycles. The van der Waals surface area contributed by atoms with Crippen molar-refractivity contribution in [2.75, 3.05) is 25.1 Å². The maximum atomic E-state index is 10.7. The highest BCUT2D eigenvalue weighted by Crippen LogP contribution is 2.36. The van der Waals surface area contributed by atoms with E-state index < -0.39 is 31.1 Å². The Morgan fingerprint density at radius 2 is 1.69 bits per heavy atom. The van der Waals surface area contributed by atoms with Gasteiger partial charge < -0.3 is 35.2 Å². The van der Waals surface area contributed by atoms with Crippen molar-refractivity contribution in [3.63, 3.8) is 0 Å². The predicted octanol–water partition coefficient (Wildman–Crippen LogP) is 3.47. The van der Waals surface area contributed by atoms with Crippen LogP contribution in [0.3, 0.4) is 0 Å². The zero-order valence-electron chi connectivity index (χ0n) is 21.7. The Balaban J connectivity index is 1.40. The molecule has 1 aromatic heterocycles. The zero-order valence-corrected chi connectivity index (χ0v) is 21.7. The average molecular weight is 534 g/mol. The first-order valence-corrected chi connectivity index (χ1v) is 13.4. The molecule has 5 N–H and O–H groups in total. The van der Waals surface area contributed by atoms with Crippen LogP contribution in [0.15, 0.2) is 72.8 Å². The molecule has 1 fully saturated rings. The van der Waals surface area contributed by atoms with Crippen molar-refractivity contribution in [3.8, 4) is 16.9 Å². The second-order valence-electron chi connectivity index (χ2n) is 9.71. The van der Waals surface area contributed by atoms with Crippen molar-refractivity contribution >= 4 is 17.0 Å². The fourth-order valence-corrected chi connectivity index (χ4v) is 4.93. The highest BCUT2D eigenvalue weighted by Gasteiger charge is 2.44. The maximum Gasteiger partial charge on any atom is 0.206 e. The number of ether oxygens (including phenoxy) is 2. The largest absolute Gasteiger partial charge is 0.493 e. The minimum atomic E-state index is -1.23. The van der Waals surface area contributed by atoms with Gasteiger partial charge in [0.2, 0.25) is 5.95 Å². The number of anilines is 1. The van der Waals surface area contributed by atoms with E-state index in [2.05, 4.69) is 17.4 Å². The number of unbranched alkanes of at least 4 members (excludes halogenated alkanes) is 2. The molecule has 9 heteroatoms. The number of fused-ring (bicyclic) bond motifs is 1. The van der Waals surface area contributed by atoms with E-state index in [9.17, 15) is 15.3 Å². The Hall–Kier alpha value is -3.47. The lowest BCUT2D eigenvalue weighted by Gasteiger charge is -2.20. The van der Waals surface area contributed by atoms with Crippen molar-refractivity contribution in [1.82, 2.24) is 9.55 Å². The molecule has 9 nitrogen and oxygen atoms in total. The molecule has 1 aliphatic heterocycles. The summed E-state index contributed by atoms with van der Waals surface area (Å²) in [5, 5.41) is 43.1. The summed E-state index contributed by atoms with van der Waals surface area (Å²) in [5.74, 6) is 1.26. The Labute approximate surface area is 227 Å². The van der Waals surface area contributed by atoms with Gasteiger partial charge in [-0.1, -0.05) is 54.6 Å². The lowest BCUT2D eigenvalue weighted by atomic mass is 10.0. The molecule has 206 valence electrons. The molecule has 0 bridgehead atoms. The number of benzene rings is 3. The third-order valence-corrected chi connectivity index (χ3v) is 7.01. The second-order valence-corrected chi connectivity index (χ2v) is 9.71. The quantitative estimate of drug-likeness (QED) is 0.175. The van der Waals surface area contributed by atoms with Crippen LogP contribution in [0.25, 0.3) is 22.2 Å². The molecule has 39 heavy (non-hydrogen) atoms. The molecule has 1 saturated heterocycles. The Morgan fingerprint density at radius 3 is 2.46 bits per heavy atom. The smallest absolute Gasteiger partial charge is 0.206 e. The molecule has 0 spiro atoms. The zero-order chi connectivity index (χ0) is 27.2. The number of imidazole rings is 1. The fraction of sp³-hybridized carbons (Fsp3) is 0.367. The third-order valence-electron chi connectivity index (χ3n) is 7.01. The Kier molecular flexibility index (Phi) is 8.75. The molecule has 0 radical (unpaired) electrons. The number of aliphatic hydroxyl groups is 4. The van der Waals surface area contributed by atoms with E-state index in [4.69, 9.17) is 19.6 Å². The standard InChI is InChI=1S/C30H35N3O6/c34-15-7-2-8-16-38-25-17-20(13-14-22(25)21-9-3-1-4-10-21)18-31-30-32-23-11-5-6-12-24(23)33(30)29-28(37)27(36)26(19-35)39-29/h1,3-6,9-14,17,26-29,34-37H,2,7-8,15-16,18-19H2,(H,31,32)/t26-,27-,28-,29-/m1/s1. The van der Waals surface area contributed by atoms with Crippen LogP contribution in [0.4, 0.5) is 5.95 Å². The number of hydrogen-bond acceptors (Lipinski definition) is 8. The van der Waals surface area contributed by atoms with Gasteiger partial charge in [0.05, 0.1) is 24.2 Å². The highest BCUT2D eigenvalue weighted by atomic mass is 16.6. The monoisotopic (exact) mass is 533 g/mol. The molecule has 0 amide bonds. The van der Waals surface area contributed by atoms with Crippen LogP contribution in [-0.2, 0) is 11.3 Å². The summed E-state index contributed by atoms with van der Waals surface area (Å²) in [6.07, 6.45) is -1.73. The van der Waals surface area contributed by atoms with Gasteiger partial charge in [0.1, 0.15) is 24.1 Å². The van der Waals surface area contributed by atoms with Gasteiger partial charge in [0.15, 0.2) is 6.23 Å². The number of rotatable bonds is 12. The molecule has 5 rings (SSSR count). The molecule has 4 atom stereocenters. The van der Waals surface area contributed by atoms with E-state index in [0.29, 0.717) is 24.6 Å². The lowest BCUT2D eigenvalue weighted by Crippen LogP contribution is -2.33. The summed E-state index contributed by atoms with van der Waals surface area (Å²) in [5.41, 5.74) is 4.49. The van der Waals surface area contributed by atoms with E-state index in [1.807, 2.05) is 60.7 Å². The summed E-state index contributed by atoms with van der Waals surface area (Å²) in [6, 6.07) is 23.7. The van der Waals surface area contributed by atoms with Gasteiger partial charge in [-0.3, -0.25) is 4.57 Å². The van der Waals surface area contributed by atoms with E-state index in [-0.39, 0.29) is 6.61 Å². The number of aliphatic hydroxyl groups excluding tert-OH is 4. The molecule has 3 aromatic carbocycles. The maximum absolute atomic E-state index is 10.7. The van der Waals surface area contributed by atoms with Crippen LogP contribution in [-0.4, -0.2) is 68.1 Å². The molecule has 0 unspecified atom stereocenters. The van der Waals surface area contributed by atoms with E-state index >= 15 is 0 Å². The molecule has 0 saturated carbocycles. The normalized spacial score (nSPS) is 20.9. The Bertz CT molecular complexity index is 1360. The Morgan fingerprint density at radius 1 is 0.897 bits per heavy atom. The van der Waals surface area contributed by atoms with Crippen molar-refractivity contribution in [2.45, 2.75) is 50.3 Å². The van der Waals surface area contributed by atoms with Gasteiger partial charge in [0.25, 0.3) is 0 Å². The van der Waals surface area contributed by atoms with Gasteiger partial charge in [-0.25, -0.2) is 4.98 Å². The molecule has 0 aliphatic carbocycles. The van der Waals surface area contributed by atoms with Crippen LogP contribution < -0.4 is 10.1 Å². The number of nitrogens with one attached hydrogen (secondary N) is 1. The number of para-hydroxylation sites is 2. The van der Waals surface area contributed by atoms with Gasteiger partial charge in [-0.05, 0) is 48.6 Å². The van der Waals surface area contributed by atoms with Crippen molar-refractivity contribution in [1.29, 1.82) is 0 Å². The molecule has 4 aromatic rings. The molecule has 1 aliphatic rings.